The van der Waals surface area contributed by atoms with E-state index in [0.717, 1.165) is 34.4 Å². The highest BCUT2D eigenvalue weighted by molar-refractivity contribution is 8.18. The summed E-state index contributed by atoms with van der Waals surface area (Å²) in [6.07, 6.45) is 3.83. The SMILES string of the molecule is C=CCn1c(C)c(/C=C2\SC(=Nc3ccc(Cl)cc3)NC2=O)c2ccccc21. The molecule has 1 fully saturated rings. The summed E-state index contributed by atoms with van der Waals surface area (Å²) in [5.41, 5.74) is 4.02. The number of fused-ring (bicyclic) bond motifs is 1. The molecule has 0 bridgehead atoms. The van der Waals surface area contributed by atoms with E-state index in [0.29, 0.717) is 15.1 Å². The highest BCUT2D eigenvalue weighted by atomic mass is 35.5. The van der Waals surface area contributed by atoms with Gasteiger partial charge in [-0.05, 0) is 55.1 Å². The van der Waals surface area contributed by atoms with Gasteiger partial charge >= 0.3 is 0 Å². The van der Waals surface area contributed by atoms with Gasteiger partial charge in [-0.2, -0.15) is 0 Å². The average Bonchev–Trinajstić information content (AvgIpc) is 3.16. The summed E-state index contributed by atoms with van der Waals surface area (Å²) < 4.78 is 2.20. The quantitative estimate of drug-likeness (QED) is 0.446. The molecule has 1 saturated heterocycles. The molecular weight excluding hydrogens is 390 g/mol. The summed E-state index contributed by atoms with van der Waals surface area (Å²) >= 11 is 7.25. The van der Waals surface area contributed by atoms with Crippen LogP contribution in [0.3, 0.4) is 0 Å². The predicted octanol–water partition coefficient (Wildman–Crippen LogP) is 5.68. The van der Waals surface area contributed by atoms with E-state index in [1.165, 1.54) is 11.8 Å². The van der Waals surface area contributed by atoms with E-state index in [4.69, 9.17) is 11.6 Å². The van der Waals surface area contributed by atoms with E-state index < -0.39 is 0 Å². The zero-order valence-corrected chi connectivity index (χ0v) is 16.8. The first-order valence-electron chi connectivity index (χ1n) is 8.80. The van der Waals surface area contributed by atoms with Gasteiger partial charge < -0.3 is 9.88 Å². The Bertz CT molecular complexity index is 1140. The van der Waals surface area contributed by atoms with Crippen LogP contribution >= 0.6 is 23.4 Å². The minimum Gasteiger partial charge on any atom is -0.340 e. The fourth-order valence-corrected chi connectivity index (χ4v) is 4.20. The number of allylic oxidation sites excluding steroid dienone is 1. The molecule has 1 N–H and O–H groups in total. The van der Waals surface area contributed by atoms with Gasteiger partial charge in [-0.3, -0.25) is 4.79 Å². The molecule has 0 aliphatic carbocycles. The molecule has 4 nitrogen and oxygen atoms in total. The van der Waals surface area contributed by atoms with E-state index in [2.05, 4.69) is 40.5 Å². The molecule has 2 aromatic carbocycles. The molecule has 3 aromatic rings. The molecule has 4 rings (SSSR count). The van der Waals surface area contributed by atoms with Crippen LogP contribution in [0.4, 0.5) is 5.69 Å². The third-order valence-corrected chi connectivity index (χ3v) is 5.74. The largest absolute Gasteiger partial charge is 0.340 e. The molecular formula is C22H18ClN3OS. The Balaban J connectivity index is 1.72. The Morgan fingerprint density at radius 2 is 1.96 bits per heavy atom. The van der Waals surface area contributed by atoms with Crippen LogP contribution in [0, 0.1) is 6.92 Å². The molecule has 140 valence electrons. The summed E-state index contributed by atoms with van der Waals surface area (Å²) in [6.45, 7) is 6.64. The van der Waals surface area contributed by atoms with Crippen LogP contribution in [-0.2, 0) is 11.3 Å². The maximum atomic E-state index is 12.5. The van der Waals surface area contributed by atoms with Crippen LogP contribution in [0.1, 0.15) is 11.3 Å². The second-order valence-corrected chi connectivity index (χ2v) is 7.84. The van der Waals surface area contributed by atoms with Crippen LogP contribution in [0.5, 0.6) is 0 Å². The van der Waals surface area contributed by atoms with Crippen molar-refractivity contribution in [2.75, 3.05) is 0 Å². The maximum absolute atomic E-state index is 12.5. The highest BCUT2D eigenvalue weighted by Crippen LogP contribution is 2.33. The van der Waals surface area contributed by atoms with Crippen molar-refractivity contribution in [2.24, 2.45) is 4.99 Å². The smallest absolute Gasteiger partial charge is 0.264 e. The molecule has 0 unspecified atom stereocenters. The Labute approximate surface area is 172 Å². The monoisotopic (exact) mass is 407 g/mol. The molecule has 0 atom stereocenters. The Kier molecular flexibility index (Phi) is 5.11. The number of halogens is 1. The van der Waals surface area contributed by atoms with Crippen molar-refractivity contribution in [3.63, 3.8) is 0 Å². The summed E-state index contributed by atoms with van der Waals surface area (Å²) in [7, 11) is 0. The van der Waals surface area contributed by atoms with Crippen LogP contribution in [0.25, 0.3) is 17.0 Å². The lowest BCUT2D eigenvalue weighted by Crippen LogP contribution is -2.19. The lowest BCUT2D eigenvalue weighted by molar-refractivity contribution is -0.115. The van der Waals surface area contributed by atoms with Crippen molar-refractivity contribution < 1.29 is 4.79 Å². The van der Waals surface area contributed by atoms with Gasteiger partial charge in [0.15, 0.2) is 5.17 Å². The number of rotatable bonds is 4. The van der Waals surface area contributed by atoms with Gasteiger partial charge in [-0.25, -0.2) is 4.99 Å². The molecule has 1 aliphatic rings. The van der Waals surface area contributed by atoms with Crippen molar-refractivity contribution in [3.8, 4) is 0 Å². The van der Waals surface area contributed by atoms with Crippen molar-refractivity contribution in [1.29, 1.82) is 0 Å². The normalized spacial score (nSPS) is 16.9. The van der Waals surface area contributed by atoms with Gasteiger partial charge in [0.2, 0.25) is 0 Å². The molecule has 1 aromatic heterocycles. The standard InChI is InChI=1S/C22H18ClN3OS/c1-3-12-26-14(2)18(17-6-4-5-7-19(17)26)13-20-21(27)25-22(28-20)24-16-10-8-15(23)9-11-16/h3-11,13H,1,12H2,2H3,(H,24,25,27)/b20-13-. The number of hydrogen-bond donors (Lipinski definition) is 1. The summed E-state index contributed by atoms with van der Waals surface area (Å²) in [5, 5.41) is 5.17. The third-order valence-electron chi connectivity index (χ3n) is 4.57. The number of benzene rings is 2. The lowest BCUT2D eigenvalue weighted by atomic mass is 10.1. The van der Waals surface area contributed by atoms with Crippen LogP contribution in [-0.4, -0.2) is 15.6 Å². The van der Waals surface area contributed by atoms with Crippen LogP contribution in [0.15, 0.2) is 71.1 Å². The summed E-state index contributed by atoms with van der Waals surface area (Å²) in [4.78, 5) is 17.6. The molecule has 0 saturated carbocycles. The van der Waals surface area contributed by atoms with E-state index in [1.807, 2.05) is 36.4 Å². The first-order chi connectivity index (χ1) is 13.6. The second-order valence-electron chi connectivity index (χ2n) is 6.37. The van der Waals surface area contributed by atoms with Crippen molar-refractivity contribution in [2.45, 2.75) is 13.5 Å². The van der Waals surface area contributed by atoms with Gasteiger partial charge in [0.05, 0.1) is 10.6 Å². The van der Waals surface area contributed by atoms with Crippen molar-refractivity contribution in [1.82, 2.24) is 9.88 Å². The zero-order valence-electron chi connectivity index (χ0n) is 15.3. The zero-order chi connectivity index (χ0) is 19.7. The molecule has 2 heterocycles. The Morgan fingerprint density at radius 3 is 2.71 bits per heavy atom. The van der Waals surface area contributed by atoms with Gasteiger partial charge in [0, 0.05) is 33.7 Å². The van der Waals surface area contributed by atoms with E-state index in [-0.39, 0.29) is 5.91 Å². The Morgan fingerprint density at radius 1 is 1.21 bits per heavy atom. The Hall–Kier alpha value is -2.76. The molecule has 0 spiro atoms. The van der Waals surface area contributed by atoms with Crippen molar-refractivity contribution >= 4 is 57.1 Å². The van der Waals surface area contributed by atoms with Gasteiger partial charge in [-0.1, -0.05) is 35.9 Å². The topological polar surface area (TPSA) is 46.4 Å². The van der Waals surface area contributed by atoms with Crippen LogP contribution in [0.2, 0.25) is 5.02 Å². The van der Waals surface area contributed by atoms with Gasteiger partial charge in [0.1, 0.15) is 0 Å². The highest BCUT2D eigenvalue weighted by Gasteiger charge is 2.25. The number of thioether (sulfide) groups is 1. The number of nitrogens with zero attached hydrogens (tertiary/aromatic N) is 2. The van der Waals surface area contributed by atoms with E-state index in [1.54, 1.807) is 12.1 Å². The average molecular weight is 408 g/mol. The van der Waals surface area contributed by atoms with Gasteiger partial charge in [-0.15, -0.1) is 6.58 Å². The maximum Gasteiger partial charge on any atom is 0.264 e. The molecule has 1 amide bonds. The molecule has 6 heteroatoms. The lowest BCUT2D eigenvalue weighted by Gasteiger charge is -2.04. The number of para-hydroxylation sites is 1. The van der Waals surface area contributed by atoms with E-state index >= 15 is 0 Å². The van der Waals surface area contributed by atoms with Crippen molar-refractivity contribution in [3.05, 3.63) is 82.4 Å². The summed E-state index contributed by atoms with van der Waals surface area (Å²) in [6, 6.07) is 15.4. The number of carbonyl (C=O) groups excluding carboxylic acids is 1. The first kappa shape index (κ1) is 18.6. The molecule has 0 radical (unpaired) electrons. The fraction of sp³-hybridized carbons (Fsp3) is 0.0909. The number of aliphatic imine (C=N–C) groups is 1. The fourth-order valence-electron chi connectivity index (χ4n) is 3.25. The number of aromatic nitrogens is 1. The number of amides is 1. The number of carbonyl (C=O) groups is 1. The second kappa shape index (κ2) is 7.70. The first-order valence-corrected chi connectivity index (χ1v) is 10.00. The summed E-state index contributed by atoms with van der Waals surface area (Å²) in [5.74, 6) is -0.141. The number of hydrogen-bond acceptors (Lipinski definition) is 3. The predicted molar refractivity (Wildman–Crippen MR) is 119 cm³/mol. The number of amidine groups is 1. The molecule has 28 heavy (non-hydrogen) atoms. The van der Waals surface area contributed by atoms with Crippen LogP contribution < -0.4 is 5.32 Å². The minimum absolute atomic E-state index is 0.141. The van der Waals surface area contributed by atoms with Gasteiger partial charge in [0.25, 0.3) is 5.91 Å². The van der Waals surface area contributed by atoms with E-state index in [9.17, 15) is 4.79 Å². The third kappa shape index (κ3) is 3.51. The number of nitrogens with one attached hydrogen (secondary N) is 1. The molecule has 1 aliphatic heterocycles. The minimum atomic E-state index is -0.141.